The lowest BCUT2D eigenvalue weighted by Gasteiger charge is -2.42. The molecule has 2 fully saturated rings. The molecule has 2 N–H and O–H groups in total. The number of hydrogen-bond donors (Lipinski definition) is 2. The summed E-state index contributed by atoms with van der Waals surface area (Å²) in [6.07, 6.45) is 4.19. The molecule has 4 rings (SSSR count). The number of hydrogen-bond acceptors (Lipinski definition) is 6. The summed E-state index contributed by atoms with van der Waals surface area (Å²) < 4.78 is 17.6. The Bertz CT molecular complexity index is 1210. The number of ether oxygens (including phenoxy) is 3. The van der Waals surface area contributed by atoms with Crippen LogP contribution < -0.4 is 10.2 Å². The number of fused-ring (bicyclic) bond motifs is 5. The van der Waals surface area contributed by atoms with Crippen molar-refractivity contribution in [3.05, 3.63) is 52.1 Å². The zero-order chi connectivity index (χ0) is 29.6. The number of epoxide rings is 1. The number of benzene rings is 1. The van der Waals surface area contributed by atoms with Crippen molar-refractivity contribution in [2.75, 3.05) is 19.1 Å². The minimum atomic E-state index is -1.66. The fourth-order valence-electron chi connectivity index (χ4n) is 6.45. The summed E-state index contributed by atoms with van der Waals surface area (Å²) in [6.45, 7) is 12.1. The second kappa shape index (κ2) is 11.5. The molecule has 0 radical (unpaired) electrons. The van der Waals surface area contributed by atoms with Gasteiger partial charge in [0, 0.05) is 38.8 Å². The molecular weight excluding hydrogens is 532 g/mol. The Balaban J connectivity index is 1.77. The molecule has 1 aromatic carbocycles. The lowest BCUT2D eigenvalue weighted by Crippen LogP contribution is -2.63. The van der Waals surface area contributed by atoms with E-state index in [1.54, 1.807) is 18.0 Å². The van der Waals surface area contributed by atoms with Gasteiger partial charge >= 0.3 is 6.09 Å². The van der Waals surface area contributed by atoms with Crippen molar-refractivity contribution in [1.29, 1.82) is 0 Å². The van der Waals surface area contributed by atoms with Crippen LogP contribution in [0.25, 0.3) is 0 Å². The molecule has 3 heterocycles. The predicted molar refractivity (Wildman–Crippen MR) is 155 cm³/mol. The lowest BCUT2D eigenvalue weighted by atomic mass is 9.75. The summed E-state index contributed by atoms with van der Waals surface area (Å²) in [5, 5.41) is 14.7. The Kier molecular flexibility index (Phi) is 8.77. The number of carbonyl (C=O) groups is 2. The van der Waals surface area contributed by atoms with Gasteiger partial charge in [0.2, 0.25) is 5.91 Å². The maximum absolute atomic E-state index is 13.7. The Morgan fingerprint density at radius 2 is 1.95 bits per heavy atom. The molecular formula is C31H43ClN2O6. The molecule has 7 unspecified atom stereocenters. The summed E-state index contributed by atoms with van der Waals surface area (Å²) in [7, 11) is 3.27. The third kappa shape index (κ3) is 5.96. The summed E-state index contributed by atoms with van der Waals surface area (Å²) in [6, 6.07) is 4.01. The van der Waals surface area contributed by atoms with E-state index < -0.39 is 29.6 Å². The van der Waals surface area contributed by atoms with Crippen LogP contribution in [0.2, 0.25) is 5.02 Å². The molecule has 4 bridgehead atoms. The van der Waals surface area contributed by atoms with E-state index in [9.17, 15) is 14.7 Å². The molecule has 220 valence electrons. The van der Waals surface area contributed by atoms with E-state index >= 15 is 0 Å². The average Bonchev–Trinajstić information content (AvgIpc) is 3.56. The van der Waals surface area contributed by atoms with Crippen molar-refractivity contribution in [3.63, 3.8) is 0 Å². The van der Waals surface area contributed by atoms with Crippen molar-refractivity contribution >= 4 is 29.3 Å². The monoisotopic (exact) mass is 574 g/mol. The highest BCUT2D eigenvalue weighted by molar-refractivity contribution is 6.34. The van der Waals surface area contributed by atoms with Gasteiger partial charge in [0.25, 0.3) is 0 Å². The highest BCUT2D eigenvalue weighted by atomic mass is 35.5. The van der Waals surface area contributed by atoms with Gasteiger partial charge in [-0.1, -0.05) is 62.2 Å². The van der Waals surface area contributed by atoms with Gasteiger partial charge in [-0.3, -0.25) is 10.1 Å². The number of halogens is 1. The number of allylic oxidation sites excluding steroid dienone is 3. The molecule has 40 heavy (non-hydrogen) atoms. The Labute approximate surface area is 242 Å². The Morgan fingerprint density at radius 3 is 2.60 bits per heavy atom. The van der Waals surface area contributed by atoms with E-state index in [0.717, 1.165) is 16.7 Å². The molecule has 2 amide bonds. The third-order valence-corrected chi connectivity index (χ3v) is 9.37. The van der Waals surface area contributed by atoms with Gasteiger partial charge in [0.1, 0.15) is 12.2 Å². The normalized spacial score (nSPS) is 37.2. The number of aryl methyl sites for hydroxylation is 1. The molecule has 3 aliphatic heterocycles. The predicted octanol–water partition coefficient (Wildman–Crippen LogP) is 5.33. The van der Waals surface area contributed by atoms with Crippen LogP contribution >= 0.6 is 11.6 Å². The molecule has 8 nitrogen and oxygen atoms in total. The lowest BCUT2D eigenvalue weighted by molar-refractivity contribution is -0.142. The first-order valence-electron chi connectivity index (χ1n) is 14.0. The van der Waals surface area contributed by atoms with Crippen LogP contribution in [-0.4, -0.2) is 60.9 Å². The fourth-order valence-corrected chi connectivity index (χ4v) is 6.69. The van der Waals surface area contributed by atoms with Crippen molar-refractivity contribution in [2.45, 2.75) is 90.4 Å². The Morgan fingerprint density at radius 1 is 1.25 bits per heavy atom. The second-order valence-electron chi connectivity index (χ2n) is 12.3. The number of methoxy groups -OCH3 is 1. The van der Waals surface area contributed by atoms with Gasteiger partial charge in [0.05, 0.1) is 22.4 Å². The average molecular weight is 575 g/mol. The van der Waals surface area contributed by atoms with Crippen molar-refractivity contribution in [1.82, 2.24) is 5.32 Å². The van der Waals surface area contributed by atoms with E-state index in [0.29, 0.717) is 17.1 Å². The molecule has 0 spiro atoms. The smallest absolute Gasteiger partial charge is 0.409 e. The molecule has 0 saturated carbocycles. The molecule has 7 atom stereocenters. The summed E-state index contributed by atoms with van der Waals surface area (Å²) in [4.78, 5) is 28.0. The van der Waals surface area contributed by atoms with Gasteiger partial charge in [-0.15, -0.1) is 0 Å². The second-order valence-corrected chi connectivity index (χ2v) is 12.6. The van der Waals surface area contributed by atoms with E-state index in [2.05, 4.69) is 19.2 Å². The molecule has 9 heteroatoms. The summed E-state index contributed by atoms with van der Waals surface area (Å²) in [5.41, 5.74) is 1.43. The largest absolute Gasteiger partial charge is 0.446 e. The molecule has 0 aromatic heterocycles. The van der Waals surface area contributed by atoms with E-state index in [1.165, 1.54) is 7.11 Å². The number of carbonyl (C=O) groups excluding carboxylic acids is 2. The standard InChI is InChI=1S/C31H43ClN2O6/c1-17(2)22-15-26(35)34(7)23-14-21(13-19(4)27(23)32)12-18(3)10-9-11-25(38-8)31(37)16-24(39-29(36)33-31)20(5)28-30(22,6)40-28/h9-11,13-14,17,20,22,24-25,28,37H,12,15-16H2,1-8H3,(H,33,36)/b11-9+,18-10+. The number of alkyl carbamates (subject to hydrolysis) is 1. The van der Waals surface area contributed by atoms with Gasteiger partial charge in [-0.05, 0) is 50.3 Å². The first kappa shape index (κ1) is 30.6. The SMILES string of the molecule is COC1/C=C/C=C(\C)Cc2cc(C)c(Cl)c(c2)N(C)C(=O)CC(C(C)C)C2(C)OC2C(C)C2CC1(O)NC(=O)O2. The third-order valence-electron chi connectivity index (χ3n) is 8.88. The fraction of sp³-hybridized carbons (Fsp3) is 0.613. The number of nitrogens with zero attached hydrogens (tertiary/aromatic N) is 1. The van der Waals surface area contributed by atoms with E-state index in [4.69, 9.17) is 25.8 Å². The molecule has 3 aliphatic rings. The molecule has 0 aliphatic carbocycles. The van der Waals surface area contributed by atoms with Crippen LogP contribution in [0.3, 0.4) is 0 Å². The highest BCUT2D eigenvalue weighted by Crippen LogP contribution is 2.52. The number of nitrogens with one attached hydrogen (secondary N) is 1. The minimum absolute atomic E-state index is 0.0426. The van der Waals surface area contributed by atoms with E-state index in [-0.39, 0.29) is 42.6 Å². The van der Waals surface area contributed by atoms with Gasteiger partial charge in [0.15, 0.2) is 5.72 Å². The summed E-state index contributed by atoms with van der Waals surface area (Å²) >= 11 is 6.71. The maximum Gasteiger partial charge on any atom is 0.409 e. The highest BCUT2D eigenvalue weighted by Gasteiger charge is 2.63. The van der Waals surface area contributed by atoms with Crippen molar-refractivity contribution < 1.29 is 28.9 Å². The van der Waals surface area contributed by atoms with Gasteiger partial charge in [-0.2, -0.15) is 0 Å². The topological polar surface area (TPSA) is 101 Å². The minimum Gasteiger partial charge on any atom is -0.446 e. The van der Waals surface area contributed by atoms with Crippen LogP contribution in [0.5, 0.6) is 0 Å². The first-order valence-corrected chi connectivity index (χ1v) is 14.4. The number of anilines is 1. The zero-order valence-electron chi connectivity index (χ0n) is 24.8. The first-order chi connectivity index (χ1) is 18.7. The van der Waals surface area contributed by atoms with Crippen LogP contribution in [0.4, 0.5) is 10.5 Å². The number of amides is 2. The van der Waals surface area contributed by atoms with Crippen LogP contribution in [-0.2, 0) is 25.4 Å². The van der Waals surface area contributed by atoms with Crippen LogP contribution in [0, 0.1) is 24.7 Å². The summed E-state index contributed by atoms with van der Waals surface area (Å²) in [5.74, 6) is -0.202. The quantitative estimate of drug-likeness (QED) is 0.463. The van der Waals surface area contributed by atoms with Crippen molar-refractivity contribution in [2.24, 2.45) is 17.8 Å². The molecule has 2 saturated heterocycles. The maximum atomic E-state index is 13.7. The van der Waals surface area contributed by atoms with Gasteiger partial charge in [-0.25, -0.2) is 4.79 Å². The number of aliphatic hydroxyl groups is 1. The Hall–Kier alpha value is -2.39. The molecule has 1 aromatic rings. The van der Waals surface area contributed by atoms with Crippen LogP contribution in [0.1, 0.15) is 58.6 Å². The van der Waals surface area contributed by atoms with Gasteiger partial charge < -0.3 is 24.2 Å². The van der Waals surface area contributed by atoms with Crippen LogP contribution in [0.15, 0.2) is 35.9 Å². The van der Waals surface area contributed by atoms with E-state index in [1.807, 2.05) is 52.0 Å². The number of rotatable bonds is 2. The van der Waals surface area contributed by atoms with Crippen molar-refractivity contribution in [3.8, 4) is 0 Å². The zero-order valence-corrected chi connectivity index (χ0v) is 25.5.